The number of para-hydroxylation sites is 2. The van der Waals surface area contributed by atoms with Crippen LogP contribution in [0.3, 0.4) is 0 Å². The lowest BCUT2D eigenvalue weighted by Gasteiger charge is -2.48. The first-order valence-corrected chi connectivity index (χ1v) is 26.4. The van der Waals surface area contributed by atoms with Crippen LogP contribution >= 0.6 is 0 Å². The molecule has 8 aromatic rings. The van der Waals surface area contributed by atoms with Crippen molar-refractivity contribution in [2.45, 2.75) is 130 Å². The molecule has 72 heavy (non-hydrogen) atoms. The lowest BCUT2D eigenvalue weighted by atomic mass is 9.33. The molecule has 3 aliphatic rings. The molecule has 0 unspecified atom stereocenters. The monoisotopic (exact) mass is 942 g/mol. The smallest absolute Gasteiger partial charge is 0.252 e. The Hall–Kier alpha value is -6.78. The second kappa shape index (κ2) is 16.9. The molecule has 0 spiro atoms. The van der Waals surface area contributed by atoms with Crippen molar-refractivity contribution in [2.24, 2.45) is 0 Å². The number of fused-ring (bicyclic) bond motifs is 5. The van der Waals surface area contributed by atoms with E-state index in [1.54, 1.807) is 0 Å². The number of benzene rings is 8. The molecular formula is C68H72BN3. The van der Waals surface area contributed by atoms with Gasteiger partial charge in [0.1, 0.15) is 0 Å². The van der Waals surface area contributed by atoms with Gasteiger partial charge in [-0.3, -0.25) is 0 Å². The van der Waals surface area contributed by atoms with Crippen molar-refractivity contribution in [1.29, 1.82) is 0 Å². The van der Waals surface area contributed by atoms with E-state index in [9.17, 15) is 0 Å². The number of hydrogen-bond acceptors (Lipinski definition) is 3. The molecule has 0 radical (unpaired) electrons. The summed E-state index contributed by atoms with van der Waals surface area (Å²) in [5.41, 5.74) is 23.8. The van der Waals surface area contributed by atoms with Crippen LogP contribution in [-0.2, 0) is 27.1 Å². The Labute approximate surface area is 431 Å². The van der Waals surface area contributed by atoms with Gasteiger partial charge in [-0.1, -0.05) is 193 Å². The van der Waals surface area contributed by atoms with Crippen LogP contribution in [0.25, 0.3) is 11.1 Å². The summed E-state index contributed by atoms with van der Waals surface area (Å²) in [6.07, 6.45) is 2.29. The third-order valence-corrected chi connectivity index (χ3v) is 16.3. The molecule has 0 amide bonds. The lowest BCUT2D eigenvalue weighted by Crippen LogP contribution is -2.62. The molecule has 3 nitrogen and oxygen atoms in total. The highest BCUT2D eigenvalue weighted by Crippen LogP contribution is 2.53. The molecule has 4 heteroatoms. The summed E-state index contributed by atoms with van der Waals surface area (Å²) in [6.45, 7) is 30.9. The van der Waals surface area contributed by atoms with Crippen molar-refractivity contribution in [1.82, 2.24) is 0 Å². The van der Waals surface area contributed by atoms with Gasteiger partial charge in [-0.05, 0) is 162 Å². The number of hydrogen-bond donors (Lipinski definition) is 0. The van der Waals surface area contributed by atoms with Crippen molar-refractivity contribution in [3.63, 3.8) is 0 Å². The fraction of sp³-hybridized carbons (Fsp3) is 0.294. The maximum absolute atomic E-state index is 2.69. The Kier molecular flexibility index (Phi) is 11.2. The minimum absolute atomic E-state index is 0.00440. The van der Waals surface area contributed by atoms with Crippen LogP contribution in [-0.4, -0.2) is 6.71 Å². The molecular weight excluding hydrogens is 870 g/mol. The van der Waals surface area contributed by atoms with Crippen LogP contribution in [0, 0.1) is 0 Å². The van der Waals surface area contributed by atoms with Crippen LogP contribution < -0.4 is 31.1 Å². The van der Waals surface area contributed by atoms with Crippen LogP contribution in [0.1, 0.15) is 131 Å². The molecule has 0 bridgehead atoms. The Morgan fingerprint density at radius 2 is 0.903 bits per heavy atom. The van der Waals surface area contributed by atoms with Gasteiger partial charge in [0.2, 0.25) is 0 Å². The third kappa shape index (κ3) is 8.06. The molecule has 0 N–H and O–H groups in total. The maximum Gasteiger partial charge on any atom is 0.252 e. The Morgan fingerprint density at radius 3 is 1.49 bits per heavy atom. The van der Waals surface area contributed by atoms with Gasteiger partial charge >= 0.3 is 0 Å². The first-order chi connectivity index (χ1) is 34.1. The Morgan fingerprint density at radius 1 is 0.403 bits per heavy atom. The van der Waals surface area contributed by atoms with E-state index < -0.39 is 0 Å². The molecule has 2 aliphatic heterocycles. The fourth-order valence-electron chi connectivity index (χ4n) is 11.9. The average molecular weight is 942 g/mol. The van der Waals surface area contributed by atoms with Gasteiger partial charge in [0.15, 0.2) is 0 Å². The fourth-order valence-corrected chi connectivity index (χ4v) is 11.9. The summed E-state index contributed by atoms with van der Waals surface area (Å²) in [5.74, 6) is 0. The maximum atomic E-state index is 2.69. The van der Waals surface area contributed by atoms with E-state index in [0.717, 1.165) is 29.9 Å². The van der Waals surface area contributed by atoms with E-state index in [4.69, 9.17) is 0 Å². The lowest BCUT2D eigenvalue weighted by molar-refractivity contribution is 0.332. The van der Waals surface area contributed by atoms with E-state index in [2.05, 4.69) is 281 Å². The zero-order chi connectivity index (χ0) is 50.7. The van der Waals surface area contributed by atoms with E-state index in [1.165, 1.54) is 89.5 Å². The molecule has 0 saturated heterocycles. The summed E-state index contributed by atoms with van der Waals surface area (Å²) < 4.78 is 0. The molecule has 2 heterocycles. The minimum Gasteiger partial charge on any atom is -0.311 e. The van der Waals surface area contributed by atoms with Gasteiger partial charge in [-0.25, -0.2) is 0 Å². The molecule has 1 aliphatic carbocycles. The summed E-state index contributed by atoms with van der Waals surface area (Å²) in [6, 6.07) is 67.4. The molecule has 0 fully saturated rings. The van der Waals surface area contributed by atoms with Crippen LogP contribution in [0.2, 0.25) is 0 Å². The van der Waals surface area contributed by atoms with E-state index in [1.807, 2.05) is 0 Å². The van der Waals surface area contributed by atoms with Crippen LogP contribution in [0.15, 0.2) is 176 Å². The zero-order valence-electron chi connectivity index (χ0n) is 45.1. The van der Waals surface area contributed by atoms with Crippen molar-refractivity contribution in [3.8, 4) is 11.1 Å². The number of anilines is 9. The first-order valence-electron chi connectivity index (χ1n) is 26.4. The highest BCUT2D eigenvalue weighted by atomic mass is 15.2. The van der Waals surface area contributed by atoms with Gasteiger partial charge < -0.3 is 14.7 Å². The minimum atomic E-state index is -0.0678. The Bertz CT molecular complexity index is 3330. The highest BCUT2D eigenvalue weighted by molar-refractivity contribution is 7.00. The largest absolute Gasteiger partial charge is 0.311 e. The number of rotatable bonds is 6. The van der Waals surface area contributed by atoms with Crippen molar-refractivity contribution >= 4 is 74.3 Å². The Balaban J connectivity index is 1.34. The summed E-state index contributed by atoms with van der Waals surface area (Å²) in [4.78, 5) is 7.78. The van der Waals surface area contributed by atoms with Crippen LogP contribution in [0.5, 0.6) is 0 Å². The third-order valence-electron chi connectivity index (χ3n) is 16.3. The van der Waals surface area contributed by atoms with E-state index in [-0.39, 0.29) is 33.8 Å². The summed E-state index contributed by atoms with van der Waals surface area (Å²) >= 11 is 0. The molecule has 0 aromatic heterocycles. The van der Waals surface area contributed by atoms with Crippen molar-refractivity contribution in [2.75, 3.05) is 14.7 Å². The highest BCUT2D eigenvalue weighted by Gasteiger charge is 2.47. The standard InChI is InChI=1S/C68H72BN3/c1-64(2,3)46-26-23-31-51(38-46)71-59-40-48(66(7,8)9)32-34-56(59)69-57-43-54-55(68(12,13)37-36-67(54,10)11)44-60(57)72(58-35-33-47(65(4,5)6)39-53(58)45-24-17-14-18-25-45)62-42-52(41-61(71)63(62)69)70(49-27-19-15-20-28-49)50-29-21-16-22-30-50/h14-35,38-44H,36-37H2,1-13H3. The first kappa shape index (κ1) is 47.5. The van der Waals surface area contributed by atoms with Gasteiger partial charge in [0.05, 0.1) is 11.4 Å². The predicted molar refractivity (Wildman–Crippen MR) is 312 cm³/mol. The predicted octanol–water partition coefficient (Wildman–Crippen LogP) is 17.1. The van der Waals surface area contributed by atoms with E-state index >= 15 is 0 Å². The molecule has 0 atom stereocenters. The zero-order valence-corrected chi connectivity index (χ0v) is 45.1. The number of nitrogens with zero attached hydrogens (tertiary/aromatic N) is 3. The molecule has 11 rings (SSSR count). The van der Waals surface area contributed by atoms with Gasteiger partial charge in [0, 0.05) is 45.4 Å². The van der Waals surface area contributed by atoms with Gasteiger partial charge in [-0.15, -0.1) is 0 Å². The SMILES string of the molecule is CC(C)(C)c1cccc(N2c3cc(C(C)(C)C)ccc3B3c4cc5c(cc4N(c4ccc(C(C)(C)C)cc4-c4ccccc4)c4cc(N(c6ccccc6)c6ccccc6)cc2c43)C(C)(C)CCC5(C)C)c1. The second-order valence-corrected chi connectivity index (χ2v) is 25.4. The molecule has 8 aromatic carbocycles. The normalized spacial score (nSPS) is 15.6. The van der Waals surface area contributed by atoms with Gasteiger partial charge in [0.25, 0.3) is 6.71 Å². The topological polar surface area (TPSA) is 9.72 Å². The van der Waals surface area contributed by atoms with E-state index in [0.29, 0.717) is 0 Å². The van der Waals surface area contributed by atoms with Gasteiger partial charge in [-0.2, -0.15) is 0 Å². The summed E-state index contributed by atoms with van der Waals surface area (Å²) in [7, 11) is 0. The van der Waals surface area contributed by atoms with Crippen LogP contribution in [0.4, 0.5) is 51.2 Å². The average Bonchev–Trinajstić information content (AvgIpc) is 3.35. The second-order valence-electron chi connectivity index (χ2n) is 25.4. The molecule has 0 saturated carbocycles. The van der Waals surface area contributed by atoms with Crippen molar-refractivity contribution in [3.05, 3.63) is 204 Å². The quantitative estimate of drug-likeness (QED) is 0.154. The van der Waals surface area contributed by atoms with Crippen molar-refractivity contribution < 1.29 is 0 Å². The summed E-state index contributed by atoms with van der Waals surface area (Å²) in [5, 5.41) is 0. The molecule has 362 valence electrons.